The van der Waals surface area contributed by atoms with E-state index in [-0.39, 0.29) is 28.8 Å². The zero-order valence-electron chi connectivity index (χ0n) is 24.9. The van der Waals surface area contributed by atoms with Crippen molar-refractivity contribution in [3.63, 3.8) is 0 Å². The van der Waals surface area contributed by atoms with Crippen molar-refractivity contribution < 1.29 is 32.2 Å². The zero-order chi connectivity index (χ0) is 30.9. The molecule has 226 valence electrons. The molecular formula is C31H39N3O7S. The first kappa shape index (κ1) is 32.3. The van der Waals surface area contributed by atoms with Gasteiger partial charge in [-0.1, -0.05) is 36.8 Å². The van der Waals surface area contributed by atoms with Crippen LogP contribution in [0.15, 0.2) is 71.6 Å². The number of ether oxygens (including phenoxy) is 3. The van der Waals surface area contributed by atoms with Crippen molar-refractivity contribution in [2.75, 3.05) is 38.7 Å². The van der Waals surface area contributed by atoms with Crippen molar-refractivity contribution in [3.05, 3.63) is 77.9 Å². The highest BCUT2D eigenvalue weighted by atomic mass is 32.2. The predicted octanol–water partition coefficient (Wildman–Crippen LogP) is 4.16. The number of methoxy groups -OCH3 is 2. The number of nitrogens with zero attached hydrogens (tertiary/aromatic N) is 2. The van der Waals surface area contributed by atoms with E-state index >= 15 is 0 Å². The van der Waals surface area contributed by atoms with E-state index in [2.05, 4.69) is 5.32 Å². The topological polar surface area (TPSA) is 114 Å². The Kier molecular flexibility index (Phi) is 11.2. The Morgan fingerprint density at radius 2 is 1.62 bits per heavy atom. The molecule has 1 N–H and O–H groups in total. The lowest BCUT2D eigenvalue weighted by Gasteiger charge is -2.33. The lowest BCUT2D eigenvalue weighted by molar-refractivity contribution is -0.140. The fourth-order valence-electron chi connectivity index (χ4n) is 4.60. The second kappa shape index (κ2) is 14.6. The number of hydrogen-bond acceptors (Lipinski definition) is 7. The lowest BCUT2D eigenvalue weighted by atomic mass is 10.1. The van der Waals surface area contributed by atoms with Crippen molar-refractivity contribution in [2.45, 2.75) is 44.7 Å². The Labute approximate surface area is 248 Å². The number of amides is 2. The molecule has 0 bridgehead atoms. The van der Waals surface area contributed by atoms with Gasteiger partial charge in [-0.3, -0.25) is 13.9 Å². The van der Waals surface area contributed by atoms with Crippen LogP contribution in [0.3, 0.4) is 0 Å². The maximum Gasteiger partial charge on any atom is 0.264 e. The molecule has 0 spiro atoms. The van der Waals surface area contributed by atoms with Gasteiger partial charge in [0.2, 0.25) is 11.8 Å². The van der Waals surface area contributed by atoms with Crippen LogP contribution in [0.5, 0.6) is 17.2 Å². The number of benzene rings is 3. The quantitative estimate of drug-likeness (QED) is 0.297. The number of aryl methyl sites for hydroxylation is 1. The van der Waals surface area contributed by atoms with E-state index in [1.165, 1.54) is 44.4 Å². The minimum Gasteiger partial charge on any atom is -0.494 e. The minimum atomic E-state index is -4.29. The Morgan fingerprint density at radius 3 is 2.19 bits per heavy atom. The van der Waals surface area contributed by atoms with Crippen molar-refractivity contribution >= 4 is 27.5 Å². The fourth-order valence-corrected chi connectivity index (χ4v) is 6.03. The molecule has 0 aliphatic carbocycles. The maximum atomic E-state index is 14.2. The van der Waals surface area contributed by atoms with Gasteiger partial charge in [0.25, 0.3) is 10.0 Å². The summed E-state index contributed by atoms with van der Waals surface area (Å²) in [6.45, 7) is 5.61. The second-order valence-corrected chi connectivity index (χ2v) is 11.4. The number of rotatable bonds is 14. The summed E-state index contributed by atoms with van der Waals surface area (Å²) in [5.74, 6) is 0.269. The molecule has 10 nitrogen and oxygen atoms in total. The fraction of sp³-hybridized carbons (Fsp3) is 0.355. The van der Waals surface area contributed by atoms with Gasteiger partial charge in [-0.15, -0.1) is 0 Å². The molecule has 3 aromatic carbocycles. The van der Waals surface area contributed by atoms with Crippen LogP contribution in [0.1, 0.15) is 31.4 Å². The van der Waals surface area contributed by atoms with Gasteiger partial charge >= 0.3 is 0 Å². The highest BCUT2D eigenvalue weighted by Crippen LogP contribution is 2.33. The summed E-state index contributed by atoms with van der Waals surface area (Å²) in [6, 6.07) is 17.5. The van der Waals surface area contributed by atoms with E-state index in [0.717, 1.165) is 15.4 Å². The molecule has 0 aliphatic heterocycles. The molecule has 0 aliphatic rings. The third-order valence-corrected chi connectivity index (χ3v) is 8.50. The summed E-state index contributed by atoms with van der Waals surface area (Å²) < 4.78 is 45.5. The summed E-state index contributed by atoms with van der Waals surface area (Å²) in [5.41, 5.74) is 2.08. The molecule has 42 heavy (non-hydrogen) atoms. The third-order valence-electron chi connectivity index (χ3n) is 6.73. The van der Waals surface area contributed by atoms with Crippen molar-refractivity contribution in [3.8, 4) is 17.2 Å². The predicted molar refractivity (Wildman–Crippen MR) is 162 cm³/mol. The van der Waals surface area contributed by atoms with Crippen LogP contribution >= 0.6 is 0 Å². The Balaban J connectivity index is 2.11. The van der Waals surface area contributed by atoms with E-state index in [4.69, 9.17) is 14.2 Å². The van der Waals surface area contributed by atoms with Gasteiger partial charge in [0.05, 0.1) is 31.4 Å². The largest absolute Gasteiger partial charge is 0.494 e. The summed E-state index contributed by atoms with van der Waals surface area (Å²) in [4.78, 5) is 28.3. The Hall–Kier alpha value is -4.25. The van der Waals surface area contributed by atoms with Crippen LogP contribution in [0, 0.1) is 6.92 Å². The molecule has 0 saturated carbocycles. The number of anilines is 1. The summed E-state index contributed by atoms with van der Waals surface area (Å²) in [5, 5.41) is 2.63. The van der Waals surface area contributed by atoms with E-state index in [1.54, 1.807) is 31.2 Å². The van der Waals surface area contributed by atoms with Gasteiger partial charge in [0, 0.05) is 19.7 Å². The molecular weight excluding hydrogens is 558 g/mol. The monoisotopic (exact) mass is 597 g/mol. The molecule has 0 aromatic heterocycles. The number of carbonyl (C=O) groups excluding carboxylic acids is 2. The first-order chi connectivity index (χ1) is 20.1. The van der Waals surface area contributed by atoms with Crippen LogP contribution < -0.4 is 23.8 Å². The van der Waals surface area contributed by atoms with Gasteiger partial charge < -0.3 is 24.4 Å². The van der Waals surface area contributed by atoms with Gasteiger partial charge in [0.15, 0.2) is 11.5 Å². The first-order valence-electron chi connectivity index (χ1n) is 13.6. The first-order valence-corrected chi connectivity index (χ1v) is 15.1. The van der Waals surface area contributed by atoms with Crippen LogP contribution in [-0.4, -0.2) is 65.6 Å². The second-order valence-electron chi connectivity index (χ2n) is 9.50. The third kappa shape index (κ3) is 7.52. The SMILES string of the molecule is CCOc1ccc(N(CC(=O)N(Cc2cccc(C)c2)C(CC)C(=O)NC)S(=O)(=O)c2ccc(OC)c(OC)c2)cc1. The maximum absolute atomic E-state index is 14.2. The Morgan fingerprint density at radius 1 is 0.929 bits per heavy atom. The molecule has 0 saturated heterocycles. The molecule has 2 amide bonds. The van der Waals surface area contributed by atoms with Gasteiger partial charge in [0.1, 0.15) is 18.3 Å². The van der Waals surface area contributed by atoms with Crippen molar-refractivity contribution in [1.29, 1.82) is 0 Å². The number of sulfonamides is 1. The molecule has 1 unspecified atom stereocenters. The zero-order valence-corrected chi connectivity index (χ0v) is 25.7. The smallest absolute Gasteiger partial charge is 0.264 e. The highest BCUT2D eigenvalue weighted by Gasteiger charge is 2.34. The van der Waals surface area contributed by atoms with Crippen molar-refractivity contribution in [1.82, 2.24) is 10.2 Å². The van der Waals surface area contributed by atoms with Gasteiger partial charge in [-0.2, -0.15) is 0 Å². The standard InChI is InChI=1S/C31H39N3O7S/c1-7-27(31(36)32-4)33(20-23-11-9-10-22(3)18-23)30(35)21-34(24-12-14-25(15-13-24)41-8-2)42(37,38)26-16-17-28(39-5)29(19-26)40-6/h9-19,27H,7-8,20-21H2,1-6H3,(H,32,36). The molecule has 1 atom stereocenters. The summed E-state index contributed by atoms with van der Waals surface area (Å²) in [6.07, 6.45) is 0.336. The van der Waals surface area contributed by atoms with Crippen LogP contribution in [-0.2, 0) is 26.2 Å². The average molecular weight is 598 g/mol. The van der Waals surface area contributed by atoms with E-state index < -0.39 is 28.5 Å². The van der Waals surface area contributed by atoms with E-state index in [1.807, 2.05) is 38.1 Å². The minimum absolute atomic E-state index is 0.0922. The molecule has 0 heterocycles. The van der Waals surface area contributed by atoms with Crippen LogP contribution in [0.2, 0.25) is 0 Å². The van der Waals surface area contributed by atoms with E-state index in [9.17, 15) is 18.0 Å². The highest BCUT2D eigenvalue weighted by molar-refractivity contribution is 7.92. The summed E-state index contributed by atoms with van der Waals surface area (Å²) in [7, 11) is 0.0799. The molecule has 3 rings (SSSR count). The number of hydrogen-bond donors (Lipinski definition) is 1. The van der Waals surface area contributed by atoms with E-state index in [0.29, 0.717) is 24.5 Å². The number of carbonyl (C=O) groups is 2. The number of likely N-dealkylation sites (N-methyl/N-ethyl adjacent to an activating group) is 1. The molecule has 0 radical (unpaired) electrons. The van der Waals surface area contributed by atoms with Crippen LogP contribution in [0.25, 0.3) is 0 Å². The van der Waals surface area contributed by atoms with Crippen molar-refractivity contribution in [2.24, 2.45) is 0 Å². The molecule has 3 aromatic rings. The lowest BCUT2D eigenvalue weighted by Crippen LogP contribution is -2.51. The number of nitrogens with one attached hydrogen (secondary N) is 1. The summed E-state index contributed by atoms with van der Waals surface area (Å²) >= 11 is 0. The van der Waals surface area contributed by atoms with Crippen LogP contribution in [0.4, 0.5) is 5.69 Å². The molecule has 0 fully saturated rings. The molecule has 11 heteroatoms. The average Bonchev–Trinajstić information content (AvgIpc) is 2.99. The van der Waals surface area contributed by atoms with Gasteiger partial charge in [-0.25, -0.2) is 8.42 Å². The normalized spacial score (nSPS) is 11.8. The van der Waals surface area contributed by atoms with Gasteiger partial charge in [-0.05, 0) is 62.2 Å². The Bertz CT molecular complexity index is 1480.